The molecule has 3 rings (SSSR count). The predicted octanol–water partition coefficient (Wildman–Crippen LogP) is 1.49. The molecular weight excluding hydrogens is 462 g/mol. The Morgan fingerprint density at radius 1 is 1.07 bits per heavy atom. The van der Waals surface area contributed by atoms with Crippen LogP contribution in [-0.4, -0.2) is 19.9 Å². The van der Waals surface area contributed by atoms with Crippen LogP contribution in [0.5, 0.6) is 0 Å². The summed E-state index contributed by atoms with van der Waals surface area (Å²) >= 11 is 2.05. The largest absolute Gasteiger partial charge is 0.348 e. The Balaban J connectivity index is 2.16. The van der Waals surface area contributed by atoms with Crippen molar-refractivity contribution < 1.29 is 4.39 Å². The second-order valence-electron chi connectivity index (χ2n) is 7.10. The molecule has 1 aromatic carbocycles. The fourth-order valence-corrected chi connectivity index (χ4v) is 3.14. The first-order chi connectivity index (χ1) is 12.6. The molecule has 0 unspecified atom stereocenters. The van der Waals surface area contributed by atoms with Gasteiger partial charge in [-0.3, -0.25) is 9.59 Å². The molecule has 3 aromatic rings. The Hall–Kier alpha value is -2.49. The Bertz CT molecular complexity index is 1230. The predicted molar refractivity (Wildman–Crippen MR) is 110 cm³/mol. The van der Waals surface area contributed by atoms with E-state index < -0.39 is 16.9 Å². The van der Waals surface area contributed by atoms with E-state index in [0.717, 1.165) is 9.26 Å². The van der Waals surface area contributed by atoms with Crippen molar-refractivity contribution in [1.29, 1.82) is 0 Å². The lowest BCUT2D eigenvalue weighted by Crippen LogP contribution is -2.46. The number of benzene rings is 1. The summed E-state index contributed by atoms with van der Waals surface area (Å²) in [5.41, 5.74) is 0.428. The maximum absolute atomic E-state index is 13.9. The minimum atomic E-state index is -0.521. The van der Waals surface area contributed by atoms with E-state index in [0.29, 0.717) is 5.69 Å². The zero-order chi connectivity index (χ0) is 19.8. The van der Waals surface area contributed by atoms with Crippen molar-refractivity contribution >= 4 is 34.7 Å². The molecule has 0 saturated carbocycles. The van der Waals surface area contributed by atoms with Crippen LogP contribution in [0, 0.1) is 9.39 Å². The van der Waals surface area contributed by atoms with E-state index in [1.165, 1.54) is 18.2 Å². The highest BCUT2D eigenvalue weighted by atomic mass is 127. The SMILES string of the molecule is CC(C)(C)c1[nH]cnc1/C=c1/[nH]c(=O)/c(=C\c2cc(I)ccc2F)[nH]c1=O. The van der Waals surface area contributed by atoms with Crippen LogP contribution in [0.1, 0.15) is 37.7 Å². The third-order valence-electron chi connectivity index (χ3n) is 3.94. The minimum absolute atomic E-state index is 0.0175. The summed E-state index contributed by atoms with van der Waals surface area (Å²) in [6.07, 6.45) is 4.38. The molecule has 0 amide bonds. The smallest absolute Gasteiger partial charge is 0.272 e. The van der Waals surface area contributed by atoms with Crippen LogP contribution >= 0.6 is 22.6 Å². The Morgan fingerprint density at radius 2 is 1.70 bits per heavy atom. The zero-order valence-electron chi connectivity index (χ0n) is 15.0. The molecule has 2 aromatic heterocycles. The average molecular weight is 480 g/mol. The lowest BCUT2D eigenvalue weighted by Gasteiger charge is -2.16. The van der Waals surface area contributed by atoms with E-state index in [2.05, 4.69) is 19.9 Å². The van der Waals surface area contributed by atoms with Crippen LogP contribution < -0.4 is 21.8 Å². The van der Waals surface area contributed by atoms with E-state index >= 15 is 0 Å². The molecule has 0 saturated heterocycles. The molecule has 27 heavy (non-hydrogen) atoms. The van der Waals surface area contributed by atoms with Gasteiger partial charge in [-0.2, -0.15) is 0 Å². The monoisotopic (exact) mass is 480 g/mol. The van der Waals surface area contributed by atoms with Crippen LogP contribution in [0.2, 0.25) is 0 Å². The molecule has 0 aliphatic heterocycles. The highest BCUT2D eigenvalue weighted by Crippen LogP contribution is 2.22. The number of hydrogen-bond acceptors (Lipinski definition) is 3. The second-order valence-corrected chi connectivity index (χ2v) is 8.35. The highest BCUT2D eigenvalue weighted by molar-refractivity contribution is 14.1. The van der Waals surface area contributed by atoms with Gasteiger partial charge in [-0.1, -0.05) is 20.8 Å². The van der Waals surface area contributed by atoms with Crippen LogP contribution in [0.15, 0.2) is 34.1 Å². The number of imidazole rings is 1. The van der Waals surface area contributed by atoms with Crippen molar-refractivity contribution in [2.75, 3.05) is 0 Å². The standard InChI is InChI=1S/C19H18FIN4O2/c1-19(2,3)16-13(22-9-23-16)8-15-18(27)24-14(17(26)25-15)7-10-6-11(21)4-5-12(10)20/h4-9H,1-3H3,(H,22,23)(H,24,27)(H,25,26)/b14-7+,15-8+. The topological polar surface area (TPSA) is 94.4 Å². The van der Waals surface area contributed by atoms with E-state index in [4.69, 9.17) is 0 Å². The summed E-state index contributed by atoms with van der Waals surface area (Å²) in [7, 11) is 0. The Kier molecular flexibility index (Phi) is 5.18. The molecule has 0 bridgehead atoms. The molecule has 6 nitrogen and oxygen atoms in total. The summed E-state index contributed by atoms with van der Waals surface area (Å²) in [5.74, 6) is -0.474. The maximum Gasteiger partial charge on any atom is 0.272 e. The van der Waals surface area contributed by atoms with Crippen molar-refractivity contribution in [3.63, 3.8) is 0 Å². The molecule has 140 valence electrons. The fourth-order valence-electron chi connectivity index (χ4n) is 2.63. The summed E-state index contributed by atoms with van der Waals surface area (Å²) < 4.78 is 14.7. The Labute approximate surface area is 167 Å². The quantitative estimate of drug-likeness (QED) is 0.486. The minimum Gasteiger partial charge on any atom is -0.348 e. The van der Waals surface area contributed by atoms with E-state index in [1.54, 1.807) is 18.5 Å². The number of aromatic nitrogens is 4. The van der Waals surface area contributed by atoms with Gasteiger partial charge < -0.3 is 15.0 Å². The van der Waals surface area contributed by atoms with Crippen LogP contribution in [0.25, 0.3) is 12.2 Å². The molecule has 3 N–H and O–H groups in total. The molecule has 0 radical (unpaired) electrons. The molecule has 0 aliphatic rings. The summed E-state index contributed by atoms with van der Waals surface area (Å²) in [5, 5.41) is 0.0639. The molecule has 0 fully saturated rings. The normalized spacial score (nSPS) is 13.4. The van der Waals surface area contributed by atoms with Crippen LogP contribution in [0.4, 0.5) is 4.39 Å². The number of hydrogen-bond donors (Lipinski definition) is 3. The fraction of sp³-hybridized carbons (Fsp3) is 0.211. The first kappa shape index (κ1) is 19.3. The number of aromatic amines is 3. The van der Waals surface area contributed by atoms with Gasteiger partial charge in [-0.05, 0) is 52.9 Å². The van der Waals surface area contributed by atoms with E-state index in [-0.39, 0.29) is 21.7 Å². The van der Waals surface area contributed by atoms with E-state index in [1.807, 2.05) is 43.4 Å². The van der Waals surface area contributed by atoms with Crippen molar-refractivity contribution in [1.82, 2.24) is 19.9 Å². The van der Waals surface area contributed by atoms with Gasteiger partial charge in [0.2, 0.25) is 0 Å². The van der Waals surface area contributed by atoms with Gasteiger partial charge in [0.15, 0.2) is 0 Å². The third kappa shape index (κ3) is 4.26. The highest BCUT2D eigenvalue weighted by Gasteiger charge is 2.19. The number of nitrogens with one attached hydrogen (secondary N) is 3. The van der Waals surface area contributed by atoms with Gasteiger partial charge >= 0.3 is 0 Å². The maximum atomic E-state index is 13.9. The van der Waals surface area contributed by atoms with Crippen molar-refractivity contribution in [2.24, 2.45) is 0 Å². The van der Waals surface area contributed by atoms with E-state index in [9.17, 15) is 14.0 Å². The molecule has 0 atom stereocenters. The first-order valence-corrected chi connectivity index (χ1v) is 9.28. The first-order valence-electron chi connectivity index (χ1n) is 8.20. The van der Waals surface area contributed by atoms with Gasteiger partial charge in [0, 0.05) is 20.2 Å². The van der Waals surface area contributed by atoms with Gasteiger partial charge in [0.25, 0.3) is 11.1 Å². The molecule has 0 aliphatic carbocycles. The number of H-pyrrole nitrogens is 3. The van der Waals surface area contributed by atoms with Crippen molar-refractivity contribution in [3.8, 4) is 0 Å². The zero-order valence-corrected chi connectivity index (χ0v) is 17.1. The molecule has 2 heterocycles. The van der Waals surface area contributed by atoms with Gasteiger partial charge in [-0.25, -0.2) is 9.37 Å². The number of halogens is 2. The third-order valence-corrected chi connectivity index (χ3v) is 4.61. The van der Waals surface area contributed by atoms with Crippen LogP contribution in [0.3, 0.4) is 0 Å². The van der Waals surface area contributed by atoms with Gasteiger partial charge in [0.05, 0.1) is 12.0 Å². The lowest BCUT2D eigenvalue weighted by molar-refractivity contribution is 0.571. The molecular formula is C19H18FIN4O2. The Morgan fingerprint density at radius 3 is 2.33 bits per heavy atom. The number of nitrogens with zero attached hydrogens (tertiary/aromatic N) is 1. The second kappa shape index (κ2) is 7.26. The van der Waals surface area contributed by atoms with Crippen molar-refractivity contribution in [3.05, 3.63) is 82.3 Å². The van der Waals surface area contributed by atoms with Gasteiger partial charge in [-0.15, -0.1) is 0 Å². The van der Waals surface area contributed by atoms with Gasteiger partial charge in [0.1, 0.15) is 16.5 Å². The summed E-state index contributed by atoms with van der Waals surface area (Å²) in [6.45, 7) is 6.04. The van der Waals surface area contributed by atoms with Crippen LogP contribution in [-0.2, 0) is 5.41 Å². The summed E-state index contributed by atoms with van der Waals surface area (Å²) in [6, 6.07) is 4.52. The number of rotatable bonds is 2. The average Bonchev–Trinajstić information content (AvgIpc) is 3.04. The molecule has 8 heteroatoms. The lowest BCUT2D eigenvalue weighted by atomic mass is 9.90. The summed E-state index contributed by atoms with van der Waals surface area (Å²) in [4.78, 5) is 37.1. The molecule has 0 spiro atoms. The van der Waals surface area contributed by atoms with Crippen molar-refractivity contribution in [2.45, 2.75) is 26.2 Å².